The molecule has 3 heterocycles. The van der Waals surface area contributed by atoms with Gasteiger partial charge in [0.25, 0.3) is 11.8 Å². The average Bonchev–Trinajstić information content (AvgIpc) is 3.32. The van der Waals surface area contributed by atoms with E-state index in [1.165, 1.54) is 5.56 Å². The third-order valence-electron chi connectivity index (χ3n) is 6.73. The number of nitrogens with one attached hydrogen (secondary N) is 2. The van der Waals surface area contributed by atoms with Crippen molar-refractivity contribution >= 4 is 28.5 Å². The highest BCUT2D eigenvalue weighted by Crippen LogP contribution is 2.25. The summed E-state index contributed by atoms with van der Waals surface area (Å²) in [5, 5.41) is 3.00. The van der Waals surface area contributed by atoms with Gasteiger partial charge in [-0.1, -0.05) is 24.3 Å². The summed E-state index contributed by atoms with van der Waals surface area (Å²) < 4.78 is 0. The lowest BCUT2D eigenvalue weighted by atomic mass is 9.96. The van der Waals surface area contributed by atoms with Crippen LogP contribution in [-0.2, 0) is 13.0 Å². The van der Waals surface area contributed by atoms with Crippen LogP contribution in [0, 0.1) is 6.92 Å². The summed E-state index contributed by atoms with van der Waals surface area (Å²) in [5.74, 6) is 0.609. The fourth-order valence-electron chi connectivity index (χ4n) is 4.84. The Balaban J connectivity index is 1.19. The van der Waals surface area contributed by atoms with Crippen molar-refractivity contribution in [3.8, 4) is 11.1 Å². The van der Waals surface area contributed by atoms with E-state index in [0.29, 0.717) is 29.9 Å². The second-order valence-electron chi connectivity index (χ2n) is 9.29. The normalized spacial score (nSPS) is 12.8. The van der Waals surface area contributed by atoms with Crippen LogP contribution >= 0.6 is 0 Å². The number of amides is 2. The van der Waals surface area contributed by atoms with Crippen molar-refractivity contribution in [1.82, 2.24) is 19.9 Å². The van der Waals surface area contributed by atoms with E-state index in [2.05, 4.69) is 20.3 Å². The van der Waals surface area contributed by atoms with Crippen LogP contribution < -0.4 is 5.32 Å². The van der Waals surface area contributed by atoms with E-state index >= 15 is 0 Å². The Morgan fingerprint density at radius 2 is 1.78 bits per heavy atom. The predicted molar refractivity (Wildman–Crippen MR) is 143 cm³/mol. The van der Waals surface area contributed by atoms with Gasteiger partial charge in [0.1, 0.15) is 5.82 Å². The smallest absolute Gasteiger partial charge is 0.255 e. The molecule has 0 saturated heterocycles. The average molecular weight is 488 g/mol. The van der Waals surface area contributed by atoms with Gasteiger partial charge in [0.05, 0.1) is 11.0 Å². The minimum absolute atomic E-state index is 0.0260. The number of carbonyl (C=O) groups excluding carboxylic acids is 2. The Morgan fingerprint density at radius 3 is 2.65 bits per heavy atom. The Kier molecular flexibility index (Phi) is 5.73. The van der Waals surface area contributed by atoms with Gasteiger partial charge in [-0.25, -0.2) is 4.98 Å². The number of imidazole rings is 1. The highest BCUT2D eigenvalue weighted by atomic mass is 16.2. The molecule has 0 fully saturated rings. The first-order chi connectivity index (χ1) is 18.0. The van der Waals surface area contributed by atoms with E-state index < -0.39 is 0 Å². The number of nitrogens with zero attached hydrogens (tertiary/aromatic N) is 3. The summed E-state index contributed by atoms with van der Waals surface area (Å²) in [6, 6.07) is 22.9. The fourth-order valence-corrected chi connectivity index (χ4v) is 4.84. The zero-order chi connectivity index (χ0) is 25.4. The third kappa shape index (κ3) is 4.59. The summed E-state index contributed by atoms with van der Waals surface area (Å²) >= 11 is 0. The van der Waals surface area contributed by atoms with Crippen molar-refractivity contribution in [2.45, 2.75) is 19.9 Å². The molecular weight excluding hydrogens is 462 g/mol. The first kappa shape index (κ1) is 22.7. The molecule has 6 rings (SSSR count). The molecule has 0 unspecified atom stereocenters. The second kappa shape index (κ2) is 9.35. The quantitative estimate of drug-likeness (QED) is 0.356. The van der Waals surface area contributed by atoms with Crippen LogP contribution in [0.5, 0.6) is 0 Å². The molecule has 0 saturated carbocycles. The van der Waals surface area contributed by atoms with Gasteiger partial charge >= 0.3 is 0 Å². The highest BCUT2D eigenvalue weighted by Gasteiger charge is 2.23. The predicted octanol–water partition coefficient (Wildman–Crippen LogP) is 5.38. The Bertz CT molecular complexity index is 1640. The Morgan fingerprint density at radius 1 is 0.919 bits per heavy atom. The number of anilines is 1. The van der Waals surface area contributed by atoms with Crippen LogP contribution in [0.2, 0.25) is 0 Å². The van der Waals surface area contributed by atoms with Crippen molar-refractivity contribution in [2.75, 3.05) is 11.9 Å². The lowest BCUT2D eigenvalue weighted by Crippen LogP contribution is -2.36. The van der Waals surface area contributed by atoms with Crippen LogP contribution in [0.1, 0.15) is 37.7 Å². The van der Waals surface area contributed by atoms with Gasteiger partial charge in [-0.3, -0.25) is 14.6 Å². The molecule has 2 N–H and O–H groups in total. The van der Waals surface area contributed by atoms with E-state index in [9.17, 15) is 9.59 Å². The van der Waals surface area contributed by atoms with E-state index in [-0.39, 0.29) is 11.8 Å². The number of rotatable bonds is 4. The molecule has 37 heavy (non-hydrogen) atoms. The van der Waals surface area contributed by atoms with Crippen molar-refractivity contribution < 1.29 is 9.59 Å². The summed E-state index contributed by atoms with van der Waals surface area (Å²) in [7, 11) is 0. The van der Waals surface area contributed by atoms with Crippen molar-refractivity contribution in [3.05, 3.63) is 113 Å². The fraction of sp³-hybridized carbons (Fsp3) is 0.133. The highest BCUT2D eigenvalue weighted by molar-refractivity contribution is 6.04. The van der Waals surface area contributed by atoms with E-state index in [4.69, 9.17) is 0 Å². The van der Waals surface area contributed by atoms with Gasteiger partial charge in [0.15, 0.2) is 0 Å². The first-order valence-corrected chi connectivity index (χ1v) is 12.2. The second-order valence-corrected chi connectivity index (χ2v) is 9.29. The minimum Gasteiger partial charge on any atom is -0.342 e. The zero-order valence-corrected chi connectivity index (χ0v) is 20.4. The van der Waals surface area contributed by atoms with Gasteiger partial charge in [-0.05, 0) is 78.6 Å². The van der Waals surface area contributed by atoms with E-state index in [1.54, 1.807) is 12.4 Å². The van der Waals surface area contributed by atoms with Crippen molar-refractivity contribution in [2.24, 2.45) is 0 Å². The third-order valence-corrected chi connectivity index (χ3v) is 6.73. The molecule has 3 aromatic carbocycles. The number of aryl methyl sites for hydroxylation is 1. The molecule has 7 nitrogen and oxygen atoms in total. The standard InChI is InChI=1S/C30H25N5O2/c1-19-32-27-10-9-23(16-28(27)33-19)30(37)35-13-11-20-7-8-22(14-25(20)18-35)29(36)34-26-6-2-4-21(15-26)24-5-3-12-31-17-24/h2-10,12,14-17H,11,13,18H2,1H3,(H,32,33)(H,34,36). The molecule has 182 valence electrons. The van der Waals surface area contributed by atoms with Gasteiger partial charge in [0.2, 0.25) is 0 Å². The number of aromatic nitrogens is 3. The molecule has 1 aliphatic rings. The zero-order valence-electron chi connectivity index (χ0n) is 20.4. The maximum Gasteiger partial charge on any atom is 0.255 e. The van der Waals surface area contributed by atoms with E-state index in [1.807, 2.05) is 84.6 Å². The number of pyridine rings is 1. The van der Waals surface area contributed by atoms with Crippen LogP contribution in [0.4, 0.5) is 5.69 Å². The molecule has 0 aliphatic carbocycles. The number of aromatic amines is 1. The monoisotopic (exact) mass is 487 g/mol. The summed E-state index contributed by atoms with van der Waals surface area (Å²) in [6.07, 6.45) is 4.28. The maximum absolute atomic E-state index is 13.3. The summed E-state index contributed by atoms with van der Waals surface area (Å²) in [6.45, 7) is 3.00. The van der Waals surface area contributed by atoms with Crippen LogP contribution in [0.25, 0.3) is 22.2 Å². The molecule has 1 aliphatic heterocycles. The topological polar surface area (TPSA) is 91.0 Å². The molecule has 0 radical (unpaired) electrons. The summed E-state index contributed by atoms with van der Waals surface area (Å²) in [4.78, 5) is 40.0. The number of hydrogen-bond acceptors (Lipinski definition) is 4. The lowest BCUT2D eigenvalue weighted by Gasteiger charge is -2.29. The van der Waals surface area contributed by atoms with Gasteiger partial charge in [-0.15, -0.1) is 0 Å². The molecule has 0 spiro atoms. The minimum atomic E-state index is -0.186. The molecule has 2 amide bonds. The van der Waals surface area contributed by atoms with Crippen molar-refractivity contribution in [1.29, 1.82) is 0 Å². The van der Waals surface area contributed by atoms with Gasteiger partial charge < -0.3 is 15.2 Å². The Labute approximate surface area is 214 Å². The number of carbonyl (C=O) groups is 2. The van der Waals surface area contributed by atoms with Crippen LogP contribution in [0.15, 0.2) is 85.2 Å². The SMILES string of the molecule is Cc1nc2ccc(C(=O)N3CCc4ccc(C(=O)Nc5cccc(-c6cccnc6)c5)cc4C3)cc2[nH]1. The van der Waals surface area contributed by atoms with Crippen molar-refractivity contribution in [3.63, 3.8) is 0 Å². The summed E-state index contributed by atoms with van der Waals surface area (Å²) in [5.41, 5.74) is 7.73. The molecular formula is C30H25N5O2. The molecule has 0 bridgehead atoms. The number of benzene rings is 3. The van der Waals surface area contributed by atoms with Crippen LogP contribution in [-0.4, -0.2) is 38.2 Å². The largest absolute Gasteiger partial charge is 0.342 e. The molecule has 0 atom stereocenters. The van der Waals surface area contributed by atoms with Gasteiger partial charge in [-0.2, -0.15) is 0 Å². The number of H-pyrrole nitrogens is 1. The molecule has 5 aromatic rings. The molecule has 7 heteroatoms. The Hall–Kier alpha value is -4.78. The lowest BCUT2D eigenvalue weighted by molar-refractivity contribution is 0.0735. The van der Waals surface area contributed by atoms with Crippen LogP contribution in [0.3, 0.4) is 0 Å². The van der Waals surface area contributed by atoms with Gasteiger partial charge in [0, 0.05) is 47.9 Å². The maximum atomic E-state index is 13.3. The molecule has 2 aromatic heterocycles. The first-order valence-electron chi connectivity index (χ1n) is 12.2. The number of hydrogen-bond donors (Lipinski definition) is 2. The van der Waals surface area contributed by atoms with E-state index in [0.717, 1.165) is 40.0 Å². The number of fused-ring (bicyclic) bond motifs is 2.